The Hall–Kier alpha value is -3.08. The van der Waals surface area contributed by atoms with Crippen LogP contribution in [0.2, 0.25) is 10.3 Å². The smallest absolute Gasteiger partial charge is 0.253 e. The van der Waals surface area contributed by atoms with Gasteiger partial charge in [0.1, 0.15) is 16.1 Å². The number of nitrogens with one attached hydrogen (secondary N) is 3. The molecular formula is C32H30BrCl2N5O4. The second kappa shape index (κ2) is 11.1. The van der Waals surface area contributed by atoms with Crippen LogP contribution < -0.4 is 10.6 Å². The second-order valence-electron chi connectivity index (χ2n) is 12.5. The maximum Gasteiger partial charge on any atom is 0.253 e. The lowest BCUT2D eigenvalue weighted by molar-refractivity contribution is -0.134. The van der Waals surface area contributed by atoms with Gasteiger partial charge in [0.25, 0.3) is 5.91 Å². The van der Waals surface area contributed by atoms with Crippen LogP contribution >= 0.6 is 39.1 Å². The molecule has 2 amide bonds. The molecule has 9 nitrogen and oxygen atoms in total. The molecule has 1 atom stereocenters. The summed E-state index contributed by atoms with van der Waals surface area (Å²) in [6.45, 7) is 1.35. The van der Waals surface area contributed by atoms with Gasteiger partial charge >= 0.3 is 0 Å². The van der Waals surface area contributed by atoms with Crippen molar-refractivity contribution >= 4 is 62.5 Å². The molecule has 2 saturated carbocycles. The van der Waals surface area contributed by atoms with E-state index in [0.717, 1.165) is 91.6 Å². The van der Waals surface area contributed by atoms with Gasteiger partial charge in [0.2, 0.25) is 5.91 Å². The van der Waals surface area contributed by atoms with Crippen LogP contribution in [-0.2, 0) is 34.3 Å². The van der Waals surface area contributed by atoms with Gasteiger partial charge in [-0.25, -0.2) is 9.97 Å². The quantitative estimate of drug-likeness (QED) is 0.170. The van der Waals surface area contributed by atoms with Gasteiger partial charge in [0, 0.05) is 53.1 Å². The van der Waals surface area contributed by atoms with Crippen LogP contribution in [0.3, 0.4) is 0 Å². The minimum absolute atomic E-state index is 0.0570. The van der Waals surface area contributed by atoms with Crippen molar-refractivity contribution in [1.29, 1.82) is 0 Å². The predicted molar refractivity (Wildman–Crippen MR) is 169 cm³/mol. The molecule has 0 bridgehead atoms. The summed E-state index contributed by atoms with van der Waals surface area (Å²) in [5.74, 6) is 0.230. The number of aryl methyl sites for hydroxylation is 2. The summed E-state index contributed by atoms with van der Waals surface area (Å²) in [5, 5.41) is 6.65. The lowest BCUT2D eigenvalue weighted by Crippen LogP contribution is -2.42. The molecule has 0 aromatic carbocycles. The number of piperidine rings is 1. The molecule has 2 spiro atoms. The van der Waals surface area contributed by atoms with Gasteiger partial charge in [0.05, 0.1) is 22.5 Å². The highest BCUT2D eigenvalue weighted by Gasteiger charge is 2.52. The Balaban J connectivity index is 0.000000116. The Kier molecular flexibility index (Phi) is 7.45. The van der Waals surface area contributed by atoms with Gasteiger partial charge in [0.15, 0.2) is 5.78 Å². The average Bonchev–Trinajstić information content (AvgIpc) is 3.93. The summed E-state index contributed by atoms with van der Waals surface area (Å²) in [5.41, 5.74) is 8.37. The number of aromatic nitrogens is 3. The molecule has 1 saturated heterocycles. The van der Waals surface area contributed by atoms with Crippen molar-refractivity contribution in [3.05, 3.63) is 68.3 Å². The van der Waals surface area contributed by atoms with Crippen molar-refractivity contribution < 1.29 is 19.2 Å². The molecule has 3 fully saturated rings. The Morgan fingerprint density at radius 3 is 2.11 bits per heavy atom. The number of H-pyrrole nitrogens is 1. The number of nitrogens with zero attached hydrogens (tertiary/aromatic N) is 2. The topological polar surface area (TPSA) is 134 Å². The number of Topliss-reactive ketones (excluding diaryl/α,β-unsaturated/α-hetero) is 2. The highest BCUT2D eigenvalue weighted by atomic mass is 79.9. The van der Waals surface area contributed by atoms with Gasteiger partial charge in [-0.05, 0) is 80.2 Å². The van der Waals surface area contributed by atoms with Crippen LogP contribution in [0.25, 0.3) is 11.3 Å². The molecule has 1 unspecified atom stereocenters. The molecule has 3 aromatic heterocycles. The first-order valence-electron chi connectivity index (χ1n) is 14.9. The zero-order chi connectivity index (χ0) is 30.8. The molecule has 12 heteroatoms. The summed E-state index contributed by atoms with van der Waals surface area (Å²) in [6.07, 6.45) is 11.5. The van der Waals surface area contributed by atoms with E-state index < -0.39 is 0 Å². The third-order valence-electron chi connectivity index (χ3n) is 9.73. The first-order chi connectivity index (χ1) is 21.1. The maximum absolute atomic E-state index is 12.3. The number of alkyl halides is 1. The number of aromatic amines is 1. The minimum atomic E-state index is -0.109. The van der Waals surface area contributed by atoms with Gasteiger partial charge in [-0.1, -0.05) is 39.1 Å². The normalized spacial score (nSPS) is 22.6. The zero-order valence-corrected chi connectivity index (χ0v) is 26.9. The van der Waals surface area contributed by atoms with E-state index in [2.05, 4.69) is 41.5 Å². The minimum Gasteiger partial charge on any atom is -0.357 e. The number of hydrogen-bond donors (Lipinski definition) is 3. The molecule has 4 aliphatic carbocycles. The molecule has 5 heterocycles. The molecule has 3 aromatic rings. The SMILES string of the molecule is O=C1CC(=O)C2(CC2)CN1.O=C1NCC2(CC2)c2[nH]c3c(c21)CCc1cnc(Cl)cc1-3.O=C1c2cc(Cl)ncc2CCC1Br. The van der Waals surface area contributed by atoms with E-state index in [-0.39, 0.29) is 45.5 Å². The fourth-order valence-corrected chi connectivity index (χ4v) is 7.45. The van der Waals surface area contributed by atoms with Crippen molar-refractivity contribution in [2.75, 3.05) is 13.1 Å². The number of carbonyl (C=O) groups is 4. The number of halogens is 3. The number of amides is 2. The molecular weight excluding hydrogens is 669 g/mol. The monoisotopic (exact) mass is 697 g/mol. The molecule has 44 heavy (non-hydrogen) atoms. The van der Waals surface area contributed by atoms with Crippen LogP contribution in [0.4, 0.5) is 0 Å². The summed E-state index contributed by atoms with van der Waals surface area (Å²) < 4.78 is 0. The fraction of sp³-hybridized carbons (Fsp3) is 0.438. The van der Waals surface area contributed by atoms with Crippen LogP contribution in [0.5, 0.6) is 0 Å². The maximum atomic E-state index is 12.3. The molecule has 9 rings (SSSR count). The van der Waals surface area contributed by atoms with E-state index >= 15 is 0 Å². The second-order valence-corrected chi connectivity index (χ2v) is 14.4. The van der Waals surface area contributed by atoms with Crippen molar-refractivity contribution in [2.45, 2.75) is 68.0 Å². The molecule has 0 radical (unpaired) electrons. The third-order valence-corrected chi connectivity index (χ3v) is 11.0. The van der Waals surface area contributed by atoms with Gasteiger partial charge in [-0.15, -0.1) is 0 Å². The van der Waals surface area contributed by atoms with Crippen molar-refractivity contribution in [3.63, 3.8) is 0 Å². The van der Waals surface area contributed by atoms with Gasteiger partial charge in [-0.2, -0.15) is 0 Å². The van der Waals surface area contributed by atoms with Crippen molar-refractivity contribution in [2.24, 2.45) is 5.41 Å². The summed E-state index contributed by atoms with van der Waals surface area (Å²) in [7, 11) is 0. The number of rotatable bonds is 0. The molecule has 3 N–H and O–H groups in total. The number of pyridine rings is 2. The lowest BCUT2D eigenvalue weighted by Gasteiger charge is -2.23. The number of ketones is 2. The summed E-state index contributed by atoms with van der Waals surface area (Å²) >= 11 is 15.1. The Morgan fingerprint density at radius 2 is 1.45 bits per heavy atom. The van der Waals surface area contributed by atoms with E-state index in [1.807, 2.05) is 12.3 Å². The molecule has 2 aliphatic heterocycles. The Bertz CT molecular complexity index is 1750. The van der Waals surface area contributed by atoms with E-state index in [9.17, 15) is 19.2 Å². The fourth-order valence-electron chi connectivity index (χ4n) is 6.66. The Morgan fingerprint density at radius 1 is 0.818 bits per heavy atom. The van der Waals surface area contributed by atoms with Crippen molar-refractivity contribution in [3.8, 4) is 11.3 Å². The van der Waals surface area contributed by atoms with E-state index in [4.69, 9.17) is 23.2 Å². The summed E-state index contributed by atoms with van der Waals surface area (Å²) in [6, 6.07) is 3.56. The van der Waals surface area contributed by atoms with Crippen LogP contribution in [-0.4, -0.2) is 56.2 Å². The lowest BCUT2D eigenvalue weighted by atomic mass is 9.86. The van der Waals surface area contributed by atoms with Gasteiger partial charge in [-0.3, -0.25) is 19.2 Å². The summed E-state index contributed by atoms with van der Waals surface area (Å²) in [4.78, 5) is 57.4. The number of carbonyl (C=O) groups excluding carboxylic acids is 4. The third kappa shape index (κ3) is 5.28. The zero-order valence-electron chi connectivity index (χ0n) is 23.8. The van der Waals surface area contributed by atoms with Gasteiger partial charge < -0.3 is 15.6 Å². The van der Waals surface area contributed by atoms with E-state index in [0.29, 0.717) is 22.4 Å². The van der Waals surface area contributed by atoms with Crippen LogP contribution in [0.1, 0.15) is 81.6 Å². The largest absolute Gasteiger partial charge is 0.357 e. The van der Waals surface area contributed by atoms with Crippen LogP contribution in [0, 0.1) is 5.41 Å². The number of fused-ring (bicyclic) bond motifs is 7. The average molecular weight is 699 g/mol. The van der Waals surface area contributed by atoms with E-state index in [1.165, 1.54) is 5.56 Å². The van der Waals surface area contributed by atoms with Crippen LogP contribution in [0.15, 0.2) is 24.5 Å². The molecule has 6 aliphatic rings. The Labute approximate surface area is 272 Å². The number of hydrogen-bond acceptors (Lipinski definition) is 6. The standard InChI is InChI=1S/C16H14ClN3O.C9H7BrClNO.C7H9NO2/c17-11-5-10-8(6-18-11)1-2-9-12-14(20-13(9)10)16(3-4-16)7-19-15(12)21;10-7-2-1-5-4-12-8(11)3-6(5)9(7)13;9-5-3-6(10)8-4-7(5)1-2-7/h5-6,20H,1-4,7H2,(H,19,21);3-4,7H,1-2H2;1-4H2,(H,8,10). The first-order valence-corrected chi connectivity index (χ1v) is 16.6. The first kappa shape index (κ1) is 29.6. The predicted octanol–water partition coefficient (Wildman–Crippen LogP) is 5.09. The highest BCUT2D eigenvalue weighted by molar-refractivity contribution is 9.10. The molecule has 228 valence electrons. The van der Waals surface area contributed by atoms with Crippen molar-refractivity contribution in [1.82, 2.24) is 25.6 Å². The van der Waals surface area contributed by atoms with E-state index in [1.54, 1.807) is 12.3 Å². The highest BCUT2D eigenvalue weighted by Crippen LogP contribution is 2.53.